The van der Waals surface area contributed by atoms with Gasteiger partial charge in [0.2, 0.25) is 0 Å². The van der Waals surface area contributed by atoms with Crippen molar-refractivity contribution in [2.45, 2.75) is 52.8 Å². The molecule has 0 fully saturated rings. The van der Waals surface area contributed by atoms with Crippen molar-refractivity contribution in [3.8, 4) is 0 Å². The van der Waals surface area contributed by atoms with Gasteiger partial charge in [-0.05, 0) is 58.4 Å². The fourth-order valence-electron chi connectivity index (χ4n) is 3.18. The second kappa shape index (κ2) is 5.55. The second-order valence-electron chi connectivity index (χ2n) is 7.38. The number of aromatic nitrogens is 1. The molecule has 1 atom stereocenters. The lowest BCUT2D eigenvalue weighted by molar-refractivity contribution is 0.0176. The molecule has 1 aromatic heterocycles. The van der Waals surface area contributed by atoms with Crippen LogP contribution in [0.4, 0.5) is 4.79 Å². The van der Waals surface area contributed by atoms with E-state index in [0.29, 0.717) is 13.1 Å². The minimum Gasteiger partial charge on any atom is -0.444 e. The van der Waals surface area contributed by atoms with Crippen molar-refractivity contribution >= 4 is 32.9 Å². The number of rotatable bonds is 0. The Kier molecular flexibility index (Phi) is 3.95. The van der Waals surface area contributed by atoms with Gasteiger partial charge in [-0.25, -0.2) is 4.79 Å². The molecule has 1 aliphatic rings. The van der Waals surface area contributed by atoms with Gasteiger partial charge in [0, 0.05) is 33.7 Å². The van der Waals surface area contributed by atoms with Crippen molar-refractivity contribution in [1.29, 1.82) is 0 Å². The molecule has 0 saturated carbocycles. The number of halogens is 1. The van der Waals surface area contributed by atoms with Crippen LogP contribution in [0.25, 0.3) is 10.9 Å². The van der Waals surface area contributed by atoms with Crippen LogP contribution in [0.1, 0.15) is 45.0 Å². The van der Waals surface area contributed by atoms with Gasteiger partial charge in [0.25, 0.3) is 0 Å². The molecule has 1 unspecified atom stereocenters. The Morgan fingerprint density at radius 3 is 2.65 bits per heavy atom. The highest BCUT2D eigenvalue weighted by molar-refractivity contribution is 9.10. The van der Waals surface area contributed by atoms with Gasteiger partial charge in [-0.1, -0.05) is 15.9 Å². The van der Waals surface area contributed by atoms with Crippen molar-refractivity contribution < 1.29 is 9.53 Å². The number of nitrogens with zero attached hydrogens (tertiary/aromatic N) is 2. The topological polar surface area (TPSA) is 34.5 Å². The van der Waals surface area contributed by atoms with Crippen molar-refractivity contribution in [3.63, 3.8) is 0 Å². The van der Waals surface area contributed by atoms with Crippen LogP contribution in [-0.2, 0) is 11.3 Å². The van der Waals surface area contributed by atoms with E-state index in [9.17, 15) is 4.79 Å². The summed E-state index contributed by atoms with van der Waals surface area (Å²) in [5.41, 5.74) is 3.14. The SMILES string of the molecule is Cc1cc2c(cc1Br)cc1n2C(C)CN(C(=O)OC(C)(C)C)C1. The fourth-order valence-corrected chi connectivity index (χ4v) is 3.54. The predicted octanol–water partition coefficient (Wildman–Crippen LogP) is 5.02. The first-order valence-corrected chi connectivity index (χ1v) is 8.73. The van der Waals surface area contributed by atoms with E-state index in [1.165, 1.54) is 16.5 Å². The minimum atomic E-state index is -0.466. The lowest BCUT2D eigenvalue weighted by atomic mass is 10.2. The summed E-state index contributed by atoms with van der Waals surface area (Å²) >= 11 is 3.60. The average Bonchev–Trinajstić information content (AvgIpc) is 2.75. The highest BCUT2D eigenvalue weighted by Crippen LogP contribution is 2.33. The molecule has 0 bridgehead atoms. The van der Waals surface area contributed by atoms with Gasteiger partial charge >= 0.3 is 6.09 Å². The molecule has 2 heterocycles. The molecule has 3 rings (SSSR count). The molecule has 0 spiro atoms. The van der Waals surface area contributed by atoms with Crippen molar-refractivity contribution in [3.05, 3.63) is 33.9 Å². The molecule has 1 aromatic carbocycles. The van der Waals surface area contributed by atoms with Gasteiger partial charge in [-0.15, -0.1) is 0 Å². The molecule has 4 nitrogen and oxygen atoms in total. The summed E-state index contributed by atoms with van der Waals surface area (Å²) in [6.07, 6.45) is -0.238. The average molecular weight is 379 g/mol. The first-order valence-electron chi connectivity index (χ1n) is 7.93. The summed E-state index contributed by atoms with van der Waals surface area (Å²) in [4.78, 5) is 14.2. The highest BCUT2D eigenvalue weighted by atomic mass is 79.9. The Balaban J connectivity index is 1.96. The molecule has 0 N–H and O–H groups in total. The summed E-state index contributed by atoms with van der Waals surface area (Å²) < 4.78 is 8.98. The zero-order valence-electron chi connectivity index (χ0n) is 14.3. The third-order valence-electron chi connectivity index (χ3n) is 4.13. The number of hydrogen-bond donors (Lipinski definition) is 0. The Hall–Kier alpha value is -1.49. The smallest absolute Gasteiger partial charge is 0.410 e. The Morgan fingerprint density at radius 1 is 1.30 bits per heavy atom. The van der Waals surface area contributed by atoms with Crippen LogP contribution in [0.2, 0.25) is 0 Å². The maximum absolute atomic E-state index is 12.4. The predicted molar refractivity (Wildman–Crippen MR) is 95.7 cm³/mol. The molecule has 0 saturated heterocycles. The van der Waals surface area contributed by atoms with E-state index in [2.05, 4.69) is 52.5 Å². The van der Waals surface area contributed by atoms with Crippen LogP contribution < -0.4 is 0 Å². The van der Waals surface area contributed by atoms with Crippen LogP contribution in [0.5, 0.6) is 0 Å². The van der Waals surface area contributed by atoms with Gasteiger partial charge in [-0.2, -0.15) is 0 Å². The zero-order chi connectivity index (χ0) is 16.9. The Labute approximate surface area is 145 Å². The van der Waals surface area contributed by atoms with Gasteiger partial charge in [-0.3, -0.25) is 0 Å². The van der Waals surface area contributed by atoms with E-state index in [1.807, 2.05) is 20.8 Å². The quantitative estimate of drug-likeness (QED) is 0.644. The number of ether oxygens (including phenoxy) is 1. The van der Waals surface area contributed by atoms with Crippen molar-refractivity contribution in [1.82, 2.24) is 9.47 Å². The number of carbonyl (C=O) groups excluding carboxylic acids is 1. The Morgan fingerprint density at radius 2 is 2.00 bits per heavy atom. The number of benzene rings is 1. The monoisotopic (exact) mass is 378 g/mol. The van der Waals surface area contributed by atoms with Crippen LogP contribution >= 0.6 is 15.9 Å². The van der Waals surface area contributed by atoms with Crippen LogP contribution in [-0.4, -0.2) is 27.7 Å². The normalized spacial score (nSPS) is 18.2. The minimum absolute atomic E-state index is 0.226. The van der Waals surface area contributed by atoms with E-state index < -0.39 is 5.60 Å². The van der Waals surface area contributed by atoms with E-state index in [4.69, 9.17) is 4.74 Å². The third kappa shape index (κ3) is 3.11. The third-order valence-corrected chi connectivity index (χ3v) is 4.98. The second-order valence-corrected chi connectivity index (χ2v) is 8.23. The lowest BCUT2D eigenvalue weighted by Crippen LogP contribution is -2.42. The molecular weight excluding hydrogens is 356 g/mol. The van der Waals surface area contributed by atoms with Crippen LogP contribution in [0.15, 0.2) is 22.7 Å². The summed E-state index contributed by atoms with van der Waals surface area (Å²) in [5.74, 6) is 0. The first-order chi connectivity index (χ1) is 10.7. The van der Waals surface area contributed by atoms with Gasteiger partial charge < -0.3 is 14.2 Å². The maximum Gasteiger partial charge on any atom is 0.410 e. The number of amides is 1. The molecule has 124 valence electrons. The van der Waals surface area contributed by atoms with E-state index in [1.54, 1.807) is 4.90 Å². The summed E-state index contributed by atoms with van der Waals surface area (Å²) in [5, 5.41) is 1.20. The number of hydrogen-bond acceptors (Lipinski definition) is 2. The molecule has 2 aromatic rings. The molecule has 5 heteroatoms. The first kappa shape index (κ1) is 16.4. The lowest BCUT2D eigenvalue weighted by Gasteiger charge is -2.34. The zero-order valence-corrected chi connectivity index (χ0v) is 15.9. The van der Waals surface area contributed by atoms with E-state index >= 15 is 0 Å². The summed E-state index contributed by atoms with van der Waals surface area (Å²) in [7, 11) is 0. The summed E-state index contributed by atoms with van der Waals surface area (Å²) in [6, 6.07) is 6.76. The van der Waals surface area contributed by atoms with Gasteiger partial charge in [0.05, 0.1) is 6.54 Å². The number of aryl methyl sites for hydroxylation is 1. The molecule has 0 aliphatic carbocycles. The largest absolute Gasteiger partial charge is 0.444 e. The maximum atomic E-state index is 12.4. The molecular formula is C18H23BrN2O2. The standard InChI is InChI=1S/C18H23BrN2O2/c1-11-6-16-13(8-15(11)19)7-14-10-20(9-12(2)21(14)16)17(22)23-18(3,4)5/h6-8,12H,9-10H2,1-5H3. The van der Waals surface area contributed by atoms with E-state index in [-0.39, 0.29) is 12.1 Å². The fraction of sp³-hybridized carbons (Fsp3) is 0.500. The molecule has 1 amide bonds. The van der Waals surface area contributed by atoms with Gasteiger partial charge in [0.1, 0.15) is 5.60 Å². The van der Waals surface area contributed by atoms with Gasteiger partial charge in [0.15, 0.2) is 0 Å². The number of carbonyl (C=O) groups is 1. The summed E-state index contributed by atoms with van der Waals surface area (Å²) in [6.45, 7) is 11.2. The van der Waals surface area contributed by atoms with Crippen LogP contribution in [0, 0.1) is 6.92 Å². The number of fused-ring (bicyclic) bond motifs is 3. The van der Waals surface area contributed by atoms with Crippen LogP contribution in [0.3, 0.4) is 0 Å². The Bertz CT molecular complexity index is 773. The van der Waals surface area contributed by atoms with Crippen molar-refractivity contribution in [2.24, 2.45) is 0 Å². The molecule has 1 aliphatic heterocycles. The highest BCUT2D eigenvalue weighted by Gasteiger charge is 2.30. The molecule has 23 heavy (non-hydrogen) atoms. The molecule has 0 radical (unpaired) electrons. The van der Waals surface area contributed by atoms with Crippen molar-refractivity contribution in [2.75, 3.05) is 6.54 Å². The van der Waals surface area contributed by atoms with E-state index in [0.717, 1.165) is 10.2 Å².